The zero-order chi connectivity index (χ0) is 23.2. The number of esters is 1. The number of hydrogen-bond acceptors (Lipinski definition) is 5. The van der Waals surface area contributed by atoms with Gasteiger partial charge < -0.3 is 19.6 Å². The predicted molar refractivity (Wildman–Crippen MR) is 126 cm³/mol. The lowest BCUT2D eigenvalue weighted by Gasteiger charge is -2.13. The van der Waals surface area contributed by atoms with Gasteiger partial charge in [-0.05, 0) is 53.9 Å². The maximum atomic E-state index is 13.1. The highest BCUT2D eigenvalue weighted by Gasteiger charge is 2.14. The van der Waals surface area contributed by atoms with Crippen LogP contribution in [0.1, 0.15) is 29.7 Å². The van der Waals surface area contributed by atoms with E-state index in [1.54, 1.807) is 13.2 Å². The number of furan rings is 1. The van der Waals surface area contributed by atoms with Crippen LogP contribution in [-0.2, 0) is 22.6 Å². The number of benzene rings is 3. The minimum Gasteiger partial charge on any atom is -0.489 e. The van der Waals surface area contributed by atoms with Crippen LogP contribution < -0.4 is 10.5 Å². The number of para-hydroxylation sites is 1. The second kappa shape index (κ2) is 10.3. The quantitative estimate of drug-likeness (QED) is 0.331. The third-order valence-corrected chi connectivity index (χ3v) is 5.41. The van der Waals surface area contributed by atoms with E-state index < -0.39 is 12.7 Å². The Morgan fingerprint density at radius 3 is 2.76 bits per heavy atom. The molecule has 0 aliphatic rings. The third kappa shape index (κ3) is 5.23. The maximum Gasteiger partial charge on any atom is 0.310 e. The maximum absolute atomic E-state index is 13.1. The van der Waals surface area contributed by atoms with Gasteiger partial charge in [0.1, 0.15) is 24.6 Å². The minimum absolute atomic E-state index is 0.150. The summed E-state index contributed by atoms with van der Waals surface area (Å²) in [6.07, 6.45) is 1.79. The number of hydrogen-bond donors (Lipinski definition) is 1. The van der Waals surface area contributed by atoms with Gasteiger partial charge >= 0.3 is 5.97 Å². The Morgan fingerprint density at radius 2 is 1.94 bits per heavy atom. The highest BCUT2D eigenvalue weighted by Crippen LogP contribution is 2.33. The highest BCUT2D eigenvalue weighted by atomic mass is 19.1. The molecular weight excluding hydrogens is 421 g/mol. The Morgan fingerprint density at radius 1 is 1.09 bits per heavy atom. The van der Waals surface area contributed by atoms with Crippen molar-refractivity contribution in [2.24, 2.45) is 5.73 Å². The van der Waals surface area contributed by atoms with Crippen LogP contribution in [0.25, 0.3) is 22.1 Å². The molecule has 0 saturated heterocycles. The molecule has 1 atom stereocenters. The number of carbonyl (C=O) groups excluding carboxylic acids is 1. The Bertz CT molecular complexity index is 1250. The SMILES string of the molecule is CCOC(=O)Cc1ccccc1OCc1cc(-c2cccc(C(N)CF)c2)c2occc2c1. The van der Waals surface area contributed by atoms with E-state index in [9.17, 15) is 9.18 Å². The van der Waals surface area contributed by atoms with Crippen LogP contribution in [0.5, 0.6) is 5.75 Å². The van der Waals surface area contributed by atoms with Crippen molar-refractivity contribution in [1.82, 2.24) is 0 Å². The summed E-state index contributed by atoms with van der Waals surface area (Å²) in [4.78, 5) is 11.9. The summed E-state index contributed by atoms with van der Waals surface area (Å²) >= 11 is 0. The van der Waals surface area contributed by atoms with Crippen molar-refractivity contribution in [1.29, 1.82) is 0 Å². The molecule has 6 heteroatoms. The lowest BCUT2D eigenvalue weighted by atomic mass is 9.97. The number of nitrogens with two attached hydrogens (primary N) is 1. The smallest absolute Gasteiger partial charge is 0.310 e. The number of fused-ring (bicyclic) bond motifs is 1. The fraction of sp³-hybridized carbons (Fsp3) is 0.222. The molecule has 0 radical (unpaired) electrons. The lowest BCUT2D eigenvalue weighted by molar-refractivity contribution is -0.142. The van der Waals surface area contributed by atoms with Crippen molar-refractivity contribution in [2.45, 2.75) is 26.0 Å². The van der Waals surface area contributed by atoms with Crippen molar-refractivity contribution in [3.05, 3.63) is 89.7 Å². The predicted octanol–water partition coefficient (Wildman–Crippen LogP) is 5.75. The van der Waals surface area contributed by atoms with Gasteiger partial charge in [-0.2, -0.15) is 0 Å². The summed E-state index contributed by atoms with van der Waals surface area (Å²) in [6.45, 7) is 1.80. The number of ether oxygens (including phenoxy) is 2. The Labute approximate surface area is 191 Å². The molecule has 0 fully saturated rings. The molecule has 2 N–H and O–H groups in total. The molecule has 0 aliphatic heterocycles. The molecule has 1 unspecified atom stereocenters. The molecule has 1 aromatic heterocycles. The molecule has 0 saturated carbocycles. The van der Waals surface area contributed by atoms with Crippen LogP contribution in [0.3, 0.4) is 0 Å². The minimum atomic E-state index is -0.667. The molecule has 4 rings (SSSR count). The van der Waals surface area contributed by atoms with Crippen molar-refractivity contribution >= 4 is 16.9 Å². The van der Waals surface area contributed by atoms with E-state index in [-0.39, 0.29) is 12.4 Å². The molecule has 170 valence electrons. The lowest BCUT2D eigenvalue weighted by Crippen LogP contribution is -2.11. The standard InChI is InChI=1S/C27H26FNO4/c1-2-31-26(30)15-21-6-3-4-9-25(21)33-17-18-12-22-10-11-32-27(22)23(13-18)19-7-5-8-20(14-19)24(29)16-28/h3-14,24H,2,15-17,29H2,1H3. The van der Waals surface area contributed by atoms with Gasteiger partial charge in [0.05, 0.1) is 25.3 Å². The molecule has 0 bridgehead atoms. The molecule has 4 aromatic rings. The van der Waals surface area contributed by atoms with Crippen molar-refractivity contribution < 1.29 is 23.1 Å². The van der Waals surface area contributed by atoms with Crippen LogP contribution in [0.2, 0.25) is 0 Å². The van der Waals surface area contributed by atoms with Gasteiger partial charge in [-0.25, -0.2) is 4.39 Å². The van der Waals surface area contributed by atoms with Gasteiger partial charge in [-0.1, -0.05) is 36.4 Å². The second-order valence-corrected chi connectivity index (χ2v) is 7.75. The van der Waals surface area contributed by atoms with Crippen molar-refractivity contribution in [2.75, 3.05) is 13.3 Å². The summed E-state index contributed by atoms with van der Waals surface area (Å²) in [5, 5.41) is 0.936. The summed E-state index contributed by atoms with van der Waals surface area (Å²) in [5.74, 6) is 0.345. The average molecular weight is 448 g/mol. The fourth-order valence-corrected chi connectivity index (χ4v) is 3.79. The first-order valence-electron chi connectivity index (χ1n) is 10.9. The Hall–Kier alpha value is -3.64. The van der Waals surface area contributed by atoms with E-state index in [2.05, 4.69) is 0 Å². The van der Waals surface area contributed by atoms with Gasteiger partial charge in [0.25, 0.3) is 0 Å². The summed E-state index contributed by atoms with van der Waals surface area (Å²) in [6, 6.07) is 20.2. The van der Waals surface area contributed by atoms with Crippen LogP contribution in [0.4, 0.5) is 4.39 Å². The fourth-order valence-electron chi connectivity index (χ4n) is 3.79. The second-order valence-electron chi connectivity index (χ2n) is 7.75. The highest BCUT2D eigenvalue weighted by molar-refractivity contribution is 5.93. The van der Waals surface area contributed by atoms with E-state index in [1.807, 2.05) is 66.7 Å². The van der Waals surface area contributed by atoms with Crippen LogP contribution in [0, 0.1) is 0 Å². The van der Waals surface area contributed by atoms with Gasteiger partial charge in [-0.3, -0.25) is 4.79 Å². The van der Waals surface area contributed by atoms with Gasteiger partial charge in [0, 0.05) is 16.5 Å². The number of alkyl halides is 1. The van der Waals surface area contributed by atoms with Crippen molar-refractivity contribution in [3.8, 4) is 16.9 Å². The van der Waals surface area contributed by atoms with Gasteiger partial charge in [-0.15, -0.1) is 0 Å². The summed E-state index contributed by atoms with van der Waals surface area (Å²) < 4.78 is 30.0. The number of carbonyl (C=O) groups is 1. The van der Waals surface area contributed by atoms with Crippen LogP contribution in [0.15, 0.2) is 77.4 Å². The largest absolute Gasteiger partial charge is 0.489 e. The zero-order valence-corrected chi connectivity index (χ0v) is 18.4. The molecule has 0 spiro atoms. The van der Waals surface area contributed by atoms with E-state index in [0.717, 1.165) is 38.8 Å². The van der Waals surface area contributed by atoms with E-state index in [1.165, 1.54) is 0 Å². The van der Waals surface area contributed by atoms with E-state index in [4.69, 9.17) is 19.6 Å². The summed E-state index contributed by atoms with van der Waals surface area (Å²) in [5.41, 5.74) is 10.8. The zero-order valence-electron chi connectivity index (χ0n) is 18.4. The van der Waals surface area contributed by atoms with E-state index in [0.29, 0.717) is 19.0 Å². The molecule has 0 aliphatic carbocycles. The molecule has 3 aromatic carbocycles. The average Bonchev–Trinajstić information content (AvgIpc) is 3.31. The number of halogens is 1. The van der Waals surface area contributed by atoms with Crippen molar-refractivity contribution in [3.63, 3.8) is 0 Å². The topological polar surface area (TPSA) is 74.7 Å². The van der Waals surface area contributed by atoms with Gasteiger partial charge in [0.15, 0.2) is 0 Å². The van der Waals surface area contributed by atoms with Crippen LogP contribution in [-0.4, -0.2) is 19.3 Å². The first kappa shape index (κ1) is 22.6. The monoisotopic (exact) mass is 447 g/mol. The first-order chi connectivity index (χ1) is 16.1. The van der Waals surface area contributed by atoms with Crippen LogP contribution >= 0.6 is 0 Å². The normalized spacial score (nSPS) is 12.0. The molecule has 5 nitrogen and oxygen atoms in total. The molecular formula is C27H26FNO4. The van der Waals surface area contributed by atoms with E-state index >= 15 is 0 Å². The molecule has 33 heavy (non-hydrogen) atoms. The first-order valence-corrected chi connectivity index (χ1v) is 10.9. The molecule has 1 heterocycles. The summed E-state index contributed by atoms with van der Waals surface area (Å²) in [7, 11) is 0. The van der Waals surface area contributed by atoms with Gasteiger partial charge in [0.2, 0.25) is 0 Å². The Kier molecular flexibility index (Phi) is 7.05. The number of rotatable bonds is 9. The third-order valence-electron chi connectivity index (χ3n) is 5.41. The molecule has 0 amide bonds. The Balaban J connectivity index is 1.62.